The first kappa shape index (κ1) is 16.7. The molecule has 1 aromatic heterocycles. The maximum atomic E-state index is 11.8. The van der Waals surface area contributed by atoms with E-state index in [9.17, 15) is 9.90 Å². The normalized spacial score (nSPS) is 23.5. The van der Waals surface area contributed by atoms with Gasteiger partial charge in [0.25, 0.3) is 0 Å². The molecule has 0 radical (unpaired) electrons. The molecule has 23 heavy (non-hydrogen) atoms. The van der Waals surface area contributed by atoms with E-state index >= 15 is 0 Å². The second kappa shape index (κ2) is 8.11. The molecule has 1 saturated carbocycles. The molecule has 0 aliphatic heterocycles. The van der Waals surface area contributed by atoms with Crippen molar-refractivity contribution in [2.24, 2.45) is 5.92 Å². The van der Waals surface area contributed by atoms with Crippen molar-refractivity contribution in [1.29, 1.82) is 0 Å². The third-order valence-electron chi connectivity index (χ3n) is 4.89. The van der Waals surface area contributed by atoms with Gasteiger partial charge in [0.05, 0.1) is 16.8 Å². The number of hydrogen-bond donors (Lipinski definition) is 3. The fourth-order valence-corrected chi connectivity index (χ4v) is 4.69. The van der Waals surface area contributed by atoms with E-state index in [0.717, 1.165) is 38.5 Å². The molecule has 1 heterocycles. The summed E-state index contributed by atoms with van der Waals surface area (Å²) in [6, 6.07) is -0.123. The minimum absolute atomic E-state index is 0.123. The minimum Gasteiger partial charge on any atom is -0.393 e. The van der Waals surface area contributed by atoms with Gasteiger partial charge < -0.3 is 15.7 Å². The van der Waals surface area contributed by atoms with Gasteiger partial charge in [0.1, 0.15) is 0 Å². The van der Waals surface area contributed by atoms with Crippen molar-refractivity contribution in [3.8, 4) is 0 Å². The van der Waals surface area contributed by atoms with Gasteiger partial charge in [-0.15, -0.1) is 11.3 Å². The minimum atomic E-state index is -0.244. The molecule has 3 rings (SSSR count). The number of nitrogens with one attached hydrogen (secondary N) is 2. The highest BCUT2D eigenvalue weighted by molar-refractivity contribution is 7.11. The number of aryl methyl sites for hydroxylation is 3. The molecular formula is C17H27N3O2S. The number of carbonyl (C=O) groups excluding carboxylic acids is 1. The molecule has 2 aliphatic rings. The van der Waals surface area contributed by atoms with Gasteiger partial charge >= 0.3 is 6.03 Å². The summed E-state index contributed by atoms with van der Waals surface area (Å²) in [5.41, 5.74) is 1.32. The van der Waals surface area contributed by atoms with Crippen molar-refractivity contribution >= 4 is 17.4 Å². The molecular weight excluding hydrogens is 310 g/mol. The summed E-state index contributed by atoms with van der Waals surface area (Å²) in [6.07, 6.45) is 9.46. The van der Waals surface area contributed by atoms with Crippen LogP contribution in [0.1, 0.15) is 54.1 Å². The van der Waals surface area contributed by atoms with E-state index in [1.807, 2.05) is 11.3 Å². The molecule has 0 saturated heterocycles. The zero-order valence-corrected chi connectivity index (χ0v) is 14.5. The molecule has 2 atom stereocenters. The zero-order chi connectivity index (χ0) is 16.1. The number of thiazole rings is 1. The summed E-state index contributed by atoms with van der Waals surface area (Å²) in [7, 11) is 0. The highest BCUT2D eigenvalue weighted by atomic mass is 32.1. The molecule has 2 amide bonds. The highest BCUT2D eigenvalue weighted by Gasteiger charge is 2.25. The number of nitrogens with zero attached hydrogens (tertiary/aromatic N) is 1. The smallest absolute Gasteiger partial charge is 0.314 e. The van der Waals surface area contributed by atoms with Crippen LogP contribution in [-0.2, 0) is 19.3 Å². The first-order chi connectivity index (χ1) is 11.2. The highest BCUT2D eigenvalue weighted by Crippen LogP contribution is 2.27. The topological polar surface area (TPSA) is 74.2 Å². The zero-order valence-electron chi connectivity index (χ0n) is 13.6. The standard InChI is InChI=1S/C17H27N3O2S/c21-14-7-3-5-12(14)11-19-17(22)18-10-4-9-16-20-13-6-1-2-8-15(13)23-16/h12,14,21H,1-11H2,(H2,18,19,22)/t12-,14-/m0/s1. The van der Waals surface area contributed by atoms with Crippen LogP contribution >= 0.6 is 11.3 Å². The van der Waals surface area contributed by atoms with Gasteiger partial charge in [0.2, 0.25) is 0 Å². The van der Waals surface area contributed by atoms with Crippen LogP contribution < -0.4 is 10.6 Å². The molecule has 0 aromatic carbocycles. The SMILES string of the molecule is O=C(NCCCc1nc2c(s1)CCCC2)NC[C@@H]1CCC[C@@H]1O. The Morgan fingerprint density at radius 3 is 2.87 bits per heavy atom. The molecule has 0 unspecified atom stereocenters. The van der Waals surface area contributed by atoms with Gasteiger partial charge in [-0.3, -0.25) is 0 Å². The molecule has 1 fully saturated rings. The number of fused-ring (bicyclic) bond motifs is 1. The Bertz CT molecular complexity index is 508. The van der Waals surface area contributed by atoms with Gasteiger partial charge in [-0.2, -0.15) is 0 Å². The Balaban J connectivity index is 1.30. The lowest BCUT2D eigenvalue weighted by Gasteiger charge is -2.15. The van der Waals surface area contributed by atoms with Crippen LogP contribution in [0, 0.1) is 5.92 Å². The summed E-state index contributed by atoms with van der Waals surface area (Å²) < 4.78 is 0. The number of carbonyl (C=O) groups is 1. The molecule has 2 aliphatic carbocycles. The number of urea groups is 1. The number of hydrogen-bond acceptors (Lipinski definition) is 4. The van der Waals surface area contributed by atoms with E-state index < -0.39 is 0 Å². The average Bonchev–Trinajstić information content (AvgIpc) is 3.15. The quantitative estimate of drug-likeness (QED) is 0.698. The van der Waals surface area contributed by atoms with Crippen LogP contribution in [0.4, 0.5) is 4.79 Å². The first-order valence-electron chi connectivity index (χ1n) is 8.89. The van der Waals surface area contributed by atoms with Gasteiger partial charge in [0, 0.05) is 30.3 Å². The number of aromatic nitrogens is 1. The maximum absolute atomic E-state index is 11.8. The van der Waals surface area contributed by atoms with Crippen LogP contribution in [0.25, 0.3) is 0 Å². The lowest BCUT2D eigenvalue weighted by atomic mass is 10.0. The van der Waals surface area contributed by atoms with Gasteiger partial charge in [-0.05, 0) is 44.9 Å². The number of aliphatic hydroxyl groups is 1. The summed E-state index contributed by atoms with van der Waals surface area (Å²) >= 11 is 1.85. The molecule has 128 valence electrons. The second-order valence-corrected chi connectivity index (χ2v) is 7.85. The fraction of sp³-hybridized carbons (Fsp3) is 0.765. The number of rotatable bonds is 6. The molecule has 5 nitrogen and oxygen atoms in total. The van der Waals surface area contributed by atoms with E-state index in [-0.39, 0.29) is 18.1 Å². The first-order valence-corrected chi connectivity index (χ1v) is 9.71. The van der Waals surface area contributed by atoms with E-state index in [0.29, 0.717) is 13.1 Å². The van der Waals surface area contributed by atoms with Gasteiger partial charge in [-0.1, -0.05) is 6.42 Å². The molecule has 1 aromatic rings. The van der Waals surface area contributed by atoms with Crippen molar-refractivity contribution in [2.75, 3.05) is 13.1 Å². The van der Waals surface area contributed by atoms with Crippen LogP contribution in [0.3, 0.4) is 0 Å². The van der Waals surface area contributed by atoms with E-state index in [1.54, 1.807) is 0 Å². The molecule has 0 bridgehead atoms. The molecule has 6 heteroatoms. The molecule has 3 N–H and O–H groups in total. The summed E-state index contributed by atoms with van der Waals surface area (Å²) in [4.78, 5) is 18.0. The Kier molecular flexibility index (Phi) is 5.89. The van der Waals surface area contributed by atoms with Crippen LogP contribution in [0.5, 0.6) is 0 Å². The Hall–Kier alpha value is -1.14. The maximum Gasteiger partial charge on any atom is 0.314 e. The second-order valence-electron chi connectivity index (χ2n) is 6.68. The lowest BCUT2D eigenvalue weighted by Crippen LogP contribution is -2.40. The third-order valence-corrected chi connectivity index (χ3v) is 6.10. The van der Waals surface area contributed by atoms with Crippen LogP contribution in [0.2, 0.25) is 0 Å². The van der Waals surface area contributed by atoms with Crippen molar-refractivity contribution in [3.63, 3.8) is 0 Å². The summed E-state index contributed by atoms with van der Waals surface area (Å²) in [6.45, 7) is 1.25. The van der Waals surface area contributed by atoms with Crippen molar-refractivity contribution < 1.29 is 9.90 Å². The fourth-order valence-electron chi connectivity index (χ4n) is 3.50. The number of amides is 2. The largest absolute Gasteiger partial charge is 0.393 e. The van der Waals surface area contributed by atoms with Gasteiger partial charge in [-0.25, -0.2) is 9.78 Å². The van der Waals surface area contributed by atoms with Gasteiger partial charge in [0.15, 0.2) is 0 Å². The van der Waals surface area contributed by atoms with E-state index in [1.165, 1.54) is 34.8 Å². The number of aliphatic hydroxyl groups excluding tert-OH is 1. The van der Waals surface area contributed by atoms with E-state index in [2.05, 4.69) is 10.6 Å². The molecule has 0 spiro atoms. The van der Waals surface area contributed by atoms with Crippen LogP contribution in [-0.4, -0.2) is 35.3 Å². The van der Waals surface area contributed by atoms with Crippen molar-refractivity contribution in [2.45, 2.75) is 63.9 Å². The third kappa shape index (κ3) is 4.67. The van der Waals surface area contributed by atoms with Crippen LogP contribution in [0.15, 0.2) is 0 Å². The predicted octanol–water partition coefficient (Wildman–Crippen LogP) is 2.41. The summed E-state index contributed by atoms with van der Waals surface area (Å²) in [5, 5.41) is 16.7. The Morgan fingerprint density at radius 1 is 1.22 bits per heavy atom. The monoisotopic (exact) mass is 337 g/mol. The summed E-state index contributed by atoms with van der Waals surface area (Å²) in [5.74, 6) is 0.224. The predicted molar refractivity (Wildman–Crippen MR) is 91.8 cm³/mol. The van der Waals surface area contributed by atoms with Crippen molar-refractivity contribution in [3.05, 3.63) is 15.6 Å². The lowest BCUT2D eigenvalue weighted by molar-refractivity contribution is 0.132. The Morgan fingerprint density at radius 2 is 2.09 bits per heavy atom. The van der Waals surface area contributed by atoms with E-state index in [4.69, 9.17) is 4.98 Å². The average molecular weight is 337 g/mol. The Labute approximate surface area is 141 Å². The van der Waals surface area contributed by atoms with Crippen molar-refractivity contribution in [1.82, 2.24) is 15.6 Å².